The molecule has 0 saturated carbocycles. The van der Waals surface area contributed by atoms with Crippen LogP contribution < -0.4 is 5.32 Å². The Balaban J connectivity index is 1.89. The lowest BCUT2D eigenvalue weighted by Gasteiger charge is -2.09. The predicted molar refractivity (Wildman–Crippen MR) is 90.8 cm³/mol. The van der Waals surface area contributed by atoms with Gasteiger partial charge in [0.1, 0.15) is 5.00 Å². The van der Waals surface area contributed by atoms with Gasteiger partial charge in [0.15, 0.2) is 0 Å². The molecule has 114 valence electrons. The van der Waals surface area contributed by atoms with Gasteiger partial charge in [-0.05, 0) is 34.6 Å². The maximum Gasteiger partial charge on any atom is 0.326 e. The molecule has 5 nitrogen and oxygen atoms in total. The van der Waals surface area contributed by atoms with Crippen LogP contribution in [0.15, 0.2) is 66.7 Å². The van der Waals surface area contributed by atoms with Crippen molar-refractivity contribution in [1.82, 2.24) is 0 Å². The molecule has 1 heterocycles. The van der Waals surface area contributed by atoms with Crippen LogP contribution in [0.3, 0.4) is 0 Å². The summed E-state index contributed by atoms with van der Waals surface area (Å²) >= 11 is 0.935. The molecular formula is C17H12N2O3S. The molecule has 3 rings (SSSR count). The molecule has 0 saturated heterocycles. The number of rotatable bonds is 4. The number of nitrogens with one attached hydrogen (secondary N) is 1. The van der Waals surface area contributed by atoms with Crippen LogP contribution >= 0.6 is 11.3 Å². The van der Waals surface area contributed by atoms with Gasteiger partial charge in [-0.25, -0.2) is 0 Å². The lowest BCUT2D eigenvalue weighted by molar-refractivity contribution is -0.380. The van der Waals surface area contributed by atoms with Crippen LogP contribution in [0.2, 0.25) is 0 Å². The van der Waals surface area contributed by atoms with Crippen molar-refractivity contribution in [3.05, 3.63) is 82.4 Å². The van der Waals surface area contributed by atoms with E-state index < -0.39 is 4.92 Å². The Labute approximate surface area is 136 Å². The van der Waals surface area contributed by atoms with E-state index in [0.29, 0.717) is 10.6 Å². The lowest BCUT2D eigenvalue weighted by atomic mass is 9.99. The number of carbonyl (C=O) groups excluding carboxylic acids is 1. The normalized spacial score (nSPS) is 10.3. The molecule has 3 aromatic rings. The van der Waals surface area contributed by atoms with Crippen LogP contribution in [0.1, 0.15) is 10.4 Å². The summed E-state index contributed by atoms with van der Waals surface area (Å²) in [4.78, 5) is 22.8. The average molecular weight is 324 g/mol. The standard InChI is InChI=1S/C17H12N2O3S/c20-17(18-15-10-11-16(23-15)19(21)22)14-9-5-4-8-13(14)12-6-2-1-3-7-12/h1-11H,(H,18,20). The zero-order valence-electron chi connectivity index (χ0n) is 11.9. The maximum absolute atomic E-state index is 12.5. The number of nitrogens with zero attached hydrogens (tertiary/aromatic N) is 1. The maximum atomic E-state index is 12.5. The molecular weight excluding hydrogens is 312 g/mol. The number of amides is 1. The van der Waals surface area contributed by atoms with Gasteiger partial charge in [-0.15, -0.1) is 0 Å². The largest absolute Gasteiger partial charge is 0.326 e. The minimum absolute atomic E-state index is 0.00311. The first kappa shape index (κ1) is 14.9. The van der Waals surface area contributed by atoms with Crippen molar-refractivity contribution in [2.24, 2.45) is 0 Å². The quantitative estimate of drug-likeness (QED) is 0.564. The summed E-state index contributed by atoms with van der Waals surface area (Å²) in [6.45, 7) is 0. The lowest BCUT2D eigenvalue weighted by Crippen LogP contribution is -2.12. The molecule has 0 aliphatic rings. The van der Waals surface area contributed by atoms with Gasteiger partial charge < -0.3 is 5.32 Å². The van der Waals surface area contributed by atoms with Crippen LogP contribution in [0.5, 0.6) is 0 Å². The van der Waals surface area contributed by atoms with E-state index >= 15 is 0 Å². The summed E-state index contributed by atoms with van der Waals surface area (Å²) in [5.74, 6) is -0.291. The molecule has 2 aromatic carbocycles. The third kappa shape index (κ3) is 3.27. The molecule has 1 amide bonds. The Morgan fingerprint density at radius 1 is 0.957 bits per heavy atom. The smallest absolute Gasteiger partial charge is 0.313 e. The van der Waals surface area contributed by atoms with Crippen molar-refractivity contribution in [3.63, 3.8) is 0 Å². The van der Waals surface area contributed by atoms with Crippen molar-refractivity contribution >= 4 is 27.2 Å². The fraction of sp³-hybridized carbons (Fsp3) is 0. The first-order valence-electron chi connectivity index (χ1n) is 6.85. The number of benzene rings is 2. The summed E-state index contributed by atoms with van der Waals surface area (Å²) in [6.07, 6.45) is 0. The summed E-state index contributed by atoms with van der Waals surface area (Å²) < 4.78 is 0. The molecule has 0 fully saturated rings. The highest BCUT2D eigenvalue weighted by Crippen LogP contribution is 2.30. The van der Waals surface area contributed by atoms with Crippen molar-refractivity contribution in [2.75, 3.05) is 5.32 Å². The van der Waals surface area contributed by atoms with Crippen molar-refractivity contribution < 1.29 is 9.72 Å². The zero-order chi connectivity index (χ0) is 16.2. The van der Waals surface area contributed by atoms with E-state index in [0.717, 1.165) is 22.5 Å². The minimum Gasteiger partial charge on any atom is -0.313 e. The highest BCUT2D eigenvalue weighted by Gasteiger charge is 2.15. The predicted octanol–water partition coefficient (Wildman–Crippen LogP) is 4.58. The van der Waals surface area contributed by atoms with E-state index in [9.17, 15) is 14.9 Å². The Kier molecular flexibility index (Phi) is 4.16. The number of anilines is 1. The third-order valence-corrected chi connectivity index (χ3v) is 4.22. The molecule has 1 aromatic heterocycles. The molecule has 0 unspecified atom stereocenters. The van der Waals surface area contributed by atoms with Gasteiger partial charge in [0.2, 0.25) is 0 Å². The van der Waals surface area contributed by atoms with Crippen LogP contribution in [-0.4, -0.2) is 10.8 Å². The monoisotopic (exact) mass is 324 g/mol. The summed E-state index contributed by atoms with van der Waals surface area (Å²) in [5, 5.41) is 13.9. The summed E-state index contributed by atoms with van der Waals surface area (Å²) in [6, 6.07) is 19.8. The van der Waals surface area contributed by atoms with Crippen LogP contribution in [0.4, 0.5) is 10.0 Å². The third-order valence-electron chi connectivity index (χ3n) is 3.26. The molecule has 0 aliphatic carbocycles. The van der Waals surface area contributed by atoms with Crippen LogP contribution in [-0.2, 0) is 0 Å². The van der Waals surface area contributed by atoms with Gasteiger partial charge in [0.05, 0.1) is 4.92 Å². The van der Waals surface area contributed by atoms with E-state index in [2.05, 4.69) is 5.32 Å². The highest BCUT2D eigenvalue weighted by molar-refractivity contribution is 7.19. The number of thiophene rings is 1. The fourth-order valence-electron chi connectivity index (χ4n) is 2.22. The minimum atomic E-state index is -0.474. The van der Waals surface area contributed by atoms with Gasteiger partial charge >= 0.3 is 5.00 Å². The first-order valence-corrected chi connectivity index (χ1v) is 7.67. The molecule has 1 N–H and O–H groups in total. The number of hydrogen-bond donors (Lipinski definition) is 1. The number of nitro groups is 1. The molecule has 23 heavy (non-hydrogen) atoms. The van der Waals surface area contributed by atoms with Crippen LogP contribution in [0, 0.1) is 10.1 Å². The molecule has 0 atom stereocenters. The second kappa shape index (κ2) is 6.41. The van der Waals surface area contributed by atoms with Gasteiger partial charge in [-0.1, -0.05) is 48.5 Å². The van der Waals surface area contributed by atoms with E-state index in [4.69, 9.17) is 0 Å². The number of carbonyl (C=O) groups is 1. The molecule has 0 bridgehead atoms. The SMILES string of the molecule is O=C(Nc1ccc([N+](=O)[O-])s1)c1ccccc1-c1ccccc1. The Morgan fingerprint density at radius 3 is 2.35 bits per heavy atom. The van der Waals surface area contributed by atoms with E-state index in [-0.39, 0.29) is 10.9 Å². The average Bonchev–Trinajstić information content (AvgIpc) is 3.04. The van der Waals surface area contributed by atoms with E-state index in [1.165, 1.54) is 12.1 Å². The van der Waals surface area contributed by atoms with E-state index in [1.807, 2.05) is 42.5 Å². The summed E-state index contributed by atoms with van der Waals surface area (Å²) in [5.41, 5.74) is 2.28. The first-order chi connectivity index (χ1) is 11.1. The van der Waals surface area contributed by atoms with Crippen molar-refractivity contribution in [1.29, 1.82) is 0 Å². The van der Waals surface area contributed by atoms with Gasteiger partial charge in [0, 0.05) is 11.6 Å². The molecule has 0 radical (unpaired) electrons. The van der Waals surface area contributed by atoms with E-state index in [1.54, 1.807) is 12.1 Å². The second-order valence-corrected chi connectivity index (χ2v) is 5.82. The molecule has 0 aliphatic heterocycles. The van der Waals surface area contributed by atoms with Crippen LogP contribution in [0.25, 0.3) is 11.1 Å². The molecule has 0 spiro atoms. The highest BCUT2D eigenvalue weighted by atomic mass is 32.1. The number of hydrogen-bond acceptors (Lipinski definition) is 4. The summed E-state index contributed by atoms with van der Waals surface area (Å²) in [7, 11) is 0. The molecule has 6 heteroatoms. The Bertz CT molecular complexity index is 859. The van der Waals surface area contributed by atoms with Gasteiger partial charge in [-0.3, -0.25) is 14.9 Å². The second-order valence-electron chi connectivity index (χ2n) is 4.76. The van der Waals surface area contributed by atoms with Crippen molar-refractivity contribution in [3.8, 4) is 11.1 Å². The topological polar surface area (TPSA) is 72.2 Å². The Hall–Kier alpha value is -2.99. The van der Waals surface area contributed by atoms with Crippen molar-refractivity contribution in [2.45, 2.75) is 0 Å². The fourth-order valence-corrected chi connectivity index (χ4v) is 2.94. The Morgan fingerprint density at radius 2 is 1.65 bits per heavy atom. The zero-order valence-corrected chi connectivity index (χ0v) is 12.7. The van der Waals surface area contributed by atoms with Gasteiger partial charge in [0.25, 0.3) is 5.91 Å². The van der Waals surface area contributed by atoms with Gasteiger partial charge in [-0.2, -0.15) is 0 Å².